The molecule has 1 aliphatic heterocycles. The minimum Gasteiger partial charge on any atom is -0.488 e. The summed E-state index contributed by atoms with van der Waals surface area (Å²) < 4.78 is 19.5. The molecule has 0 saturated carbocycles. The van der Waals surface area contributed by atoms with E-state index < -0.39 is 0 Å². The summed E-state index contributed by atoms with van der Waals surface area (Å²) in [6, 6.07) is 14.9. The first kappa shape index (κ1) is 19.2. The first-order chi connectivity index (χ1) is 13.1. The molecule has 6 heteroatoms. The van der Waals surface area contributed by atoms with Crippen molar-refractivity contribution in [2.45, 2.75) is 18.6 Å². The molecule has 2 unspecified atom stereocenters. The number of rotatable bonds is 6. The Labute approximate surface area is 160 Å². The lowest BCUT2D eigenvalue weighted by molar-refractivity contribution is 0.234. The van der Waals surface area contributed by atoms with Gasteiger partial charge in [-0.3, -0.25) is 4.99 Å². The standard InChI is InChI=1S/C21H27FN4O/c1-23-21(24-13-18-12-16-7-4-5-10-20(16)27-18)25-14-19(26(2)3)15-8-6-9-17(22)11-15/h4-11,18-19H,12-14H2,1-3H3,(H2,23,24,25). The summed E-state index contributed by atoms with van der Waals surface area (Å²) in [6.45, 7) is 1.28. The van der Waals surface area contributed by atoms with Crippen molar-refractivity contribution in [3.05, 3.63) is 65.5 Å². The maximum atomic E-state index is 13.6. The number of aliphatic imine (C=N–C) groups is 1. The first-order valence-electron chi connectivity index (χ1n) is 9.18. The summed E-state index contributed by atoms with van der Waals surface area (Å²) in [7, 11) is 5.71. The number of likely N-dealkylation sites (N-methyl/N-ethyl adjacent to an activating group) is 1. The quantitative estimate of drug-likeness (QED) is 0.606. The van der Waals surface area contributed by atoms with E-state index in [2.05, 4.69) is 26.6 Å². The Morgan fingerprint density at radius 3 is 2.74 bits per heavy atom. The van der Waals surface area contributed by atoms with Crippen molar-refractivity contribution in [3.63, 3.8) is 0 Å². The highest BCUT2D eigenvalue weighted by Crippen LogP contribution is 2.27. The predicted octanol–water partition coefficient (Wildman–Crippen LogP) is 2.60. The molecular formula is C21H27FN4O. The molecule has 5 nitrogen and oxygen atoms in total. The number of halogens is 1. The monoisotopic (exact) mass is 370 g/mol. The van der Waals surface area contributed by atoms with Gasteiger partial charge in [0.05, 0.1) is 12.6 Å². The fourth-order valence-electron chi connectivity index (χ4n) is 3.30. The molecule has 2 aromatic rings. The molecule has 0 saturated heterocycles. The number of guanidine groups is 1. The summed E-state index contributed by atoms with van der Waals surface area (Å²) in [5.74, 6) is 1.45. The summed E-state index contributed by atoms with van der Waals surface area (Å²) in [5.41, 5.74) is 2.17. The van der Waals surface area contributed by atoms with Crippen LogP contribution in [0.3, 0.4) is 0 Å². The molecule has 0 spiro atoms. The van der Waals surface area contributed by atoms with Gasteiger partial charge in [0.25, 0.3) is 0 Å². The van der Waals surface area contributed by atoms with Crippen molar-refractivity contribution in [3.8, 4) is 5.75 Å². The number of benzene rings is 2. The largest absolute Gasteiger partial charge is 0.488 e. The van der Waals surface area contributed by atoms with Crippen LogP contribution in [0.1, 0.15) is 17.2 Å². The molecule has 1 heterocycles. The zero-order valence-electron chi connectivity index (χ0n) is 16.1. The number of para-hydroxylation sites is 1. The molecule has 2 N–H and O–H groups in total. The molecule has 1 aliphatic rings. The number of hydrogen-bond acceptors (Lipinski definition) is 3. The average Bonchev–Trinajstić information content (AvgIpc) is 3.07. The van der Waals surface area contributed by atoms with Crippen LogP contribution in [0, 0.1) is 5.82 Å². The average molecular weight is 370 g/mol. The third-order valence-electron chi connectivity index (χ3n) is 4.75. The molecule has 2 atom stereocenters. The smallest absolute Gasteiger partial charge is 0.191 e. The number of ether oxygens (including phenoxy) is 1. The second kappa shape index (κ2) is 8.86. The van der Waals surface area contributed by atoms with Gasteiger partial charge in [0.2, 0.25) is 0 Å². The number of nitrogens with one attached hydrogen (secondary N) is 2. The van der Waals surface area contributed by atoms with E-state index in [1.54, 1.807) is 19.2 Å². The highest BCUT2D eigenvalue weighted by atomic mass is 19.1. The normalized spacial score (nSPS) is 17.4. The highest BCUT2D eigenvalue weighted by Gasteiger charge is 2.22. The van der Waals surface area contributed by atoms with E-state index in [-0.39, 0.29) is 18.0 Å². The SMILES string of the molecule is CN=C(NCC1Cc2ccccc2O1)NCC(c1cccc(F)c1)N(C)C. The molecule has 2 aromatic carbocycles. The Bertz CT molecular complexity index is 768. The number of fused-ring (bicyclic) bond motifs is 1. The fraction of sp³-hybridized carbons (Fsp3) is 0.381. The Morgan fingerprint density at radius 1 is 1.22 bits per heavy atom. The van der Waals surface area contributed by atoms with Crippen molar-refractivity contribution in [2.24, 2.45) is 4.99 Å². The summed E-state index contributed by atoms with van der Waals surface area (Å²) in [6.07, 6.45) is 0.984. The Balaban J connectivity index is 1.52. The summed E-state index contributed by atoms with van der Waals surface area (Å²) >= 11 is 0. The minimum atomic E-state index is -0.222. The summed E-state index contributed by atoms with van der Waals surface area (Å²) in [4.78, 5) is 6.35. The van der Waals surface area contributed by atoms with Gasteiger partial charge in [0, 0.05) is 20.0 Å². The van der Waals surface area contributed by atoms with E-state index in [1.807, 2.05) is 38.4 Å². The third-order valence-corrected chi connectivity index (χ3v) is 4.75. The van der Waals surface area contributed by atoms with Gasteiger partial charge in [-0.25, -0.2) is 4.39 Å². The molecule has 0 aliphatic carbocycles. The first-order valence-corrected chi connectivity index (χ1v) is 9.18. The second-order valence-electron chi connectivity index (χ2n) is 6.92. The third kappa shape index (κ3) is 4.98. The topological polar surface area (TPSA) is 48.9 Å². The van der Waals surface area contributed by atoms with Gasteiger partial charge >= 0.3 is 0 Å². The fourth-order valence-corrected chi connectivity index (χ4v) is 3.30. The van der Waals surface area contributed by atoms with Gasteiger partial charge in [-0.2, -0.15) is 0 Å². The van der Waals surface area contributed by atoms with E-state index in [0.29, 0.717) is 19.0 Å². The van der Waals surface area contributed by atoms with E-state index in [0.717, 1.165) is 17.7 Å². The van der Waals surface area contributed by atoms with Crippen molar-refractivity contribution in [1.82, 2.24) is 15.5 Å². The predicted molar refractivity (Wildman–Crippen MR) is 107 cm³/mol. The maximum Gasteiger partial charge on any atom is 0.191 e. The van der Waals surface area contributed by atoms with Gasteiger partial charge in [0.15, 0.2) is 5.96 Å². The maximum absolute atomic E-state index is 13.6. The lowest BCUT2D eigenvalue weighted by atomic mass is 10.1. The van der Waals surface area contributed by atoms with Gasteiger partial charge in [-0.05, 0) is 43.4 Å². The van der Waals surface area contributed by atoms with Crippen LogP contribution in [-0.2, 0) is 6.42 Å². The van der Waals surface area contributed by atoms with Crippen LogP contribution in [0.5, 0.6) is 5.75 Å². The lowest BCUT2D eigenvalue weighted by Gasteiger charge is -2.26. The van der Waals surface area contributed by atoms with Gasteiger partial charge in [-0.15, -0.1) is 0 Å². The molecule has 27 heavy (non-hydrogen) atoms. The van der Waals surface area contributed by atoms with Gasteiger partial charge in [-0.1, -0.05) is 30.3 Å². The Hall–Kier alpha value is -2.60. The van der Waals surface area contributed by atoms with Crippen molar-refractivity contribution in [2.75, 3.05) is 34.2 Å². The number of nitrogens with zero attached hydrogens (tertiary/aromatic N) is 2. The Kier molecular flexibility index (Phi) is 6.29. The molecule has 0 fully saturated rings. The minimum absolute atomic E-state index is 0.0336. The van der Waals surface area contributed by atoms with Gasteiger partial charge < -0.3 is 20.3 Å². The second-order valence-corrected chi connectivity index (χ2v) is 6.92. The van der Waals surface area contributed by atoms with E-state index in [1.165, 1.54) is 11.6 Å². The lowest BCUT2D eigenvalue weighted by Crippen LogP contribution is -2.44. The zero-order chi connectivity index (χ0) is 19.2. The molecule has 3 rings (SSSR count). The van der Waals surface area contributed by atoms with E-state index >= 15 is 0 Å². The van der Waals surface area contributed by atoms with Crippen LogP contribution in [0.2, 0.25) is 0 Å². The van der Waals surface area contributed by atoms with Crippen molar-refractivity contribution >= 4 is 5.96 Å². The van der Waals surface area contributed by atoms with Crippen LogP contribution in [0.4, 0.5) is 4.39 Å². The van der Waals surface area contributed by atoms with Crippen molar-refractivity contribution < 1.29 is 9.13 Å². The molecule has 0 radical (unpaired) electrons. The van der Waals surface area contributed by atoms with Crippen LogP contribution in [-0.4, -0.2) is 51.2 Å². The van der Waals surface area contributed by atoms with E-state index in [4.69, 9.17) is 4.74 Å². The van der Waals surface area contributed by atoms with Crippen molar-refractivity contribution in [1.29, 1.82) is 0 Å². The van der Waals surface area contributed by atoms with Gasteiger partial charge in [0.1, 0.15) is 17.7 Å². The Morgan fingerprint density at radius 2 is 2.04 bits per heavy atom. The molecule has 0 aromatic heterocycles. The molecular weight excluding hydrogens is 343 g/mol. The highest BCUT2D eigenvalue weighted by molar-refractivity contribution is 5.79. The van der Waals surface area contributed by atoms with Crippen LogP contribution >= 0.6 is 0 Å². The molecule has 0 amide bonds. The molecule has 0 bridgehead atoms. The van der Waals surface area contributed by atoms with Crippen LogP contribution in [0.25, 0.3) is 0 Å². The van der Waals surface area contributed by atoms with E-state index in [9.17, 15) is 4.39 Å². The van der Waals surface area contributed by atoms with Crippen LogP contribution < -0.4 is 15.4 Å². The zero-order valence-corrected chi connectivity index (χ0v) is 16.1. The van der Waals surface area contributed by atoms with Crippen LogP contribution in [0.15, 0.2) is 53.5 Å². The summed E-state index contributed by atoms with van der Waals surface area (Å²) in [5, 5.41) is 6.66. The number of hydrogen-bond donors (Lipinski definition) is 2. The molecule has 144 valence electrons.